The predicted molar refractivity (Wildman–Crippen MR) is 85.6 cm³/mol. The van der Waals surface area contributed by atoms with Gasteiger partial charge in [0.1, 0.15) is 12.1 Å². The second-order valence-corrected chi connectivity index (χ2v) is 5.22. The van der Waals surface area contributed by atoms with Gasteiger partial charge in [-0.05, 0) is 19.4 Å². The molecule has 0 radical (unpaired) electrons. The number of rotatable bonds is 5. The Morgan fingerprint density at radius 3 is 2.65 bits per heavy atom. The zero-order valence-corrected chi connectivity index (χ0v) is 13.1. The monoisotopic (exact) mass is 309 g/mol. The molecule has 20 heavy (non-hydrogen) atoms. The second kappa shape index (κ2) is 6.91. The maximum atomic E-state index is 6.32. The normalized spacial score (nSPS) is 10.6. The molecule has 0 amide bonds. The van der Waals surface area contributed by atoms with Crippen LogP contribution < -0.4 is 5.32 Å². The average Bonchev–Trinajstić information content (AvgIpc) is 2.44. The third-order valence-corrected chi connectivity index (χ3v) is 3.82. The molecular weight excluding hydrogens is 293 g/mol. The predicted octanol–water partition coefficient (Wildman–Crippen LogP) is 4.83. The average molecular weight is 310 g/mol. The summed E-state index contributed by atoms with van der Waals surface area (Å²) in [4.78, 5) is 8.75. The highest BCUT2D eigenvalue weighted by Crippen LogP contribution is 2.35. The van der Waals surface area contributed by atoms with E-state index in [4.69, 9.17) is 23.2 Å². The van der Waals surface area contributed by atoms with Gasteiger partial charge >= 0.3 is 0 Å². The summed E-state index contributed by atoms with van der Waals surface area (Å²) >= 11 is 12.4. The summed E-state index contributed by atoms with van der Waals surface area (Å²) in [6.07, 6.45) is 3.46. The van der Waals surface area contributed by atoms with Gasteiger partial charge in [-0.3, -0.25) is 0 Å². The molecule has 0 saturated carbocycles. The van der Waals surface area contributed by atoms with Gasteiger partial charge in [-0.1, -0.05) is 48.7 Å². The summed E-state index contributed by atoms with van der Waals surface area (Å²) in [5.41, 5.74) is 2.79. The highest BCUT2D eigenvalue weighted by Gasteiger charge is 2.15. The smallest absolute Gasteiger partial charge is 0.133 e. The van der Waals surface area contributed by atoms with Crippen molar-refractivity contribution in [1.29, 1.82) is 0 Å². The summed E-state index contributed by atoms with van der Waals surface area (Å²) in [7, 11) is 0. The molecule has 1 aromatic heterocycles. The van der Waals surface area contributed by atoms with E-state index in [9.17, 15) is 0 Å². The quantitative estimate of drug-likeness (QED) is 0.859. The molecule has 1 heterocycles. The van der Waals surface area contributed by atoms with Gasteiger partial charge in [0.2, 0.25) is 0 Å². The van der Waals surface area contributed by atoms with Crippen molar-refractivity contribution in [2.45, 2.75) is 26.7 Å². The Hall–Kier alpha value is -1.32. The van der Waals surface area contributed by atoms with Gasteiger partial charge in [0.05, 0.1) is 15.7 Å². The van der Waals surface area contributed by atoms with Gasteiger partial charge in [-0.15, -0.1) is 0 Å². The molecule has 1 aromatic carbocycles. The van der Waals surface area contributed by atoms with Crippen LogP contribution in [0.4, 0.5) is 5.82 Å². The Bertz CT molecular complexity index is 600. The third-order valence-electron chi connectivity index (χ3n) is 3.00. The van der Waals surface area contributed by atoms with Crippen molar-refractivity contribution in [2.24, 2.45) is 0 Å². The number of halogens is 2. The van der Waals surface area contributed by atoms with Gasteiger partial charge in [-0.25, -0.2) is 9.97 Å². The molecule has 1 N–H and O–H groups in total. The molecule has 0 aliphatic carbocycles. The van der Waals surface area contributed by atoms with Crippen molar-refractivity contribution >= 4 is 29.0 Å². The Morgan fingerprint density at radius 1 is 1.15 bits per heavy atom. The van der Waals surface area contributed by atoms with Gasteiger partial charge in [0.25, 0.3) is 0 Å². The van der Waals surface area contributed by atoms with Crippen molar-refractivity contribution in [3.8, 4) is 11.3 Å². The first-order valence-electron chi connectivity index (χ1n) is 6.71. The number of nitrogens with zero attached hydrogens (tertiary/aromatic N) is 2. The molecule has 0 fully saturated rings. The lowest BCUT2D eigenvalue weighted by molar-refractivity contribution is 0.902. The first-order valence-corrected chi connectivity index (χ1v) is 7.46. The van der Waals surface area contributed by atoms with Crippen molar-refractivity contribution < 1.29 is 0 Å². The lowest BCUT2D eigenvalue weighted by Gasteiger charge is -2.14. The van der Waals surface area contributed by atoms with Crippen LogP contribution in [0.25, 0.3) is 11.3 Å². The SMILES string of the molecule is CCCc1c(NCC)ncnc1-c1cccc(Cl)c1Cl. The van der Waals surface area contributed by atoms with Gasteiger partial charge in [0.15, 0.2) is 0 Å². The van der Waals surface area contributed by atoms with Crippen LogP contribution in [0.2, 0.25) is 10.0 Å². The van der Waals surface area contributed by atoms with Crippen molar-refractivity contribution in [2.75, 3.05) is 11.9 Å². The fraction of sp³-hybridized carbons (Fsp3) is 0.333. The molecule has 5 heteroatoms. The maximum Gasteiger partial charge on any atom is 0.133 e. The van der Waals surface area contributed by atoms with E-state index in [0.29, 0.717) is 10.0 Å². The molecule has 0 saturated heterocycles. The van der Waals surface area contributed by atoms with E-state index in [1.807, 2.05) is 19.1 Å². The first kappa shape index (κ1) is 15.1. The molecule has 106 valence electrons. The van der Waals surface area contributed by atoms with E-state index in [1.54, 1.807) is 12.4 Å². The second-order valence-electron chi connectivity index (χ2n) is 4.43. The molecule has 3 nitrogen and oxygen atoms in total. The van der Waals surface area contributed by atoms with E-state index in [0.717, 1.165) is 42.0 Å². The Kier molecular flexibility index (Phi) is 5.21. The lowest BCUT2D eigenvalue weighted by Crippen LogP contribution is -2.06. The Balaban J connectivity index is 2.60. The maximum absolute atomic E-state index is 6.32. The van der Waals surface area contributed by atoms with Gasteiger partial charge in [0, 0.05) is 17.7 Å². The molecule has 0 aliphatic rings. The molecule has 0 atom stereocenters. The highest BCUT2D eigenvalue weighted by molar-refractivity contribution is 6.43. The minimum Gasteiger partial charge on any atom is -0.370 e. The van der Waals surface area contributed by atoms with E-state index in [-0.39, 0.29) is 0 Å². The fourth-order valence-corrected chi connectivity index (χ4v) is 2.53. The number of aromatic nitrogens is 2. The van der Waals surface area contributed by atoms with Crippen molar-refractivity contribution in [1.82, 2.24) is 9.97 Å². The van der Waals surface area contributed by atoms with E-state index >= 15 is 0 Å². The van der Waals surface area contributed by atoms with Crippen LogP contribution in [0.5, 0.6) is 0 Å². The standard InChI is InChI=1S/C15H17Cl2N3/c1-3-6-11-14(19-9-20-15(11)18-4-2)10-7-5-8-12(16)13(10)17/h5,7-9H,3-4,6H2,1-2H3,(H,18,19,20). The molecule has 2 aromatic rings. The zero-order valence-electron chi connectivity index (χ0n) is 11.6. The highest BCUT2D eigenvalue weighted by atomic mass is 35.5. The summed E-state index contributed by atoms with van der Waals surface area (Å²) in [5, 5.41) is 4.35. The molecule has 0 aliphatic heterocycles. The van der Waals surface area contributed by atoms with E-state index < -0.39 is 0 Å². The van der Waals surface area contributed by atoms with Crippen LogP contribution in [0.1, 0.15) is 25.8 Å². The summed E-state index contributed by atoms with van der Waals surface area (Å²) in [5.74, 6) is 0.871. The van der Waals surface area contributed by atoms with Crippen LogP contribution in [-0.2, 0) is 6.42 Å². The molecule has 0 spiro atoms. The fourth-order valence-electron chi connectivity index (χ4n) is 2.14. The molecule has 0 unspecified atom stereocenters. The lowest BCUT2D eigenvalue weighted by atomic mass is 10.0. The molecular formula is C15H17Cl2N3. The Labute approximate surface area is 129 Å². The topological polar surface area (TPSA) is 37.8 Å². The van der Waals surface area contributed by atoms with Crippen molar-refractivity contribution in [3.63, 3.8) is 0 Å². The number of hydrogen-bond acceptors (Lipinski definition) is 3. The van der Waals surface area contributed by atoms with E-state index in [2.05, 4.69) is 22.2 Å². The minimum atomic E-state index is 0.535. The van der Waals surface area contributed by atoms with Crippen LogP contribution in [-0.4, -0.2) is 16.5 Å². The van der Waals surface area contributed by atoms with Crippen LogP contribution in [0.15, 0.2) is 24.5 Å². The van der Waals surface area contributed by atoms with Crippen LogP contribution in [0.3, 0.4) is 0 Å². The molecule has 2 rings (SSSR count). The van der Waals surface area contributed by atoms with Crippen LogP contribution >= 0.6 is 23.2 Å². The number of benzene rings is 1. The summed E-state index contributed by atoms with van der Waals surface area (Å²) in [6, 6.07) is 5.60. The summed E-state index contributed by atoms with van der Waals surface area (Å²) < 4.78 is 0. The van der Waals surface area contributed by atoms with E-state index in [1.165, 1.54) is 0 Å². The minimum absolute atomic E-state index is 0.535. The Morgan fingerprint density at radius 2 is 1.95 bits per heavy atom. The number of anilines is 1. The largest absolute Gasteiger partial charge is 0.370 e. The van der Waals surface area contributed by atoms with Crippen LogP contribution in [0, 0.1) is 0 Å². The molecule has 0 bridgehead atoms. The number of hydrogen-bond donors (Lipinski definition) is 1. The summed E-state index contributed by atoms with van der Waals surface area (Å²) in [6.45, 7) is 4.99. The van der Waals surface area contributed by atoms with Gasteiger partial charge in [-0.2, -0.15) is 0 Å². The van der Waals surface area contributed by atoms with Gasteiger partial charge < -0.3 is 5.32 Å². The van der Waals surface area contributed by atoms with Crippen molar-refractivity contribution in [3.05, 3.63) is 40.1 Å². The third kappa shape index (κ3) is 3.05. The number of nitrogens with one attached hydrogen (secondary N) is 1. The first-order chi connectivity index (χ1) is 9.69. The zero-order chi connectivity index (χ0) is 14.5.